The molecule has 1 N–H and O–H groups in total. The van der Waals surface area contributed by atoms with Gasteiger partial charge in [0.2, 0.25) is 5.91 Å². The second-order valence-electron chi connectivity index (χ2n) is 8.26. The van der Waals surface area contributed by atoms with E-state index in [0.29, 0.717) is 41.8 Å². The second kappa shape index (κ2) is 9.58. The first kappa shape index (κ1) is 22.6. The molecule has 1 saturated heterocycles. The lowest BCUT2D eigenvalue weighted by Crippen LogP contribution is -2.50. The van der Waals surface area contributed by atoms with E-state index in [1.54, 1.807) is 12.1 Å². The average molecular weight is 494 g/mol. The fraction of sp³-hybridized carbons (Fsp3) is 0.240. The Kier molecular flexibility index (Phi) is 6.36. The van der Waals surface area contributed by atoms with E-state index in [-0.39, 0.29) is 18.4 Å². The molecule has 4 aromatic rings. The zero-order valence-corrected chi connectivity index (χ0v) is 20.3. The summed E-state index contributed by atoms with van der Waals surface area (Å²) in [6.45, 7) is 4.68. The zero-order valence-electron chi connectivity index (χ0n) is 18.7. The summed E-state index contributed by atoms with van der Waals surface area (Å²) in [5, 5.41) is 9.03. The maximum atomic E-state index is 13.2. The SMILES string of the molecule is Cc1nn(-c2ccccc2)c2sc(C(=O)N3CCN(CC(=O)Nc4ccccc4Cl)CC3)cc12. The molecule has 9 heteroatoms. The van der Waals surface area contributed by atoms with Crippen molar-refractivity contribution in [3.63, 3.8) is 0 Å². The highest BCUT2D eigenvalue weighted by Gasteiger charge is 2.26. The van der Waals surface area contributed by atoms with Gasteiger partial charge in [0.15, 0.2) is 0 Å². The van der Waals surface area contributed by atoms with Crippen molar-refractivity contribution in [2.75, 3.05) is 38.0 Å². The Hall–Kier alpha value is -3.20. The van der Waals surface area contributed by atoms with Crippen molar-refractivity contribution in [3.8, 4) is 5.69 Å². The van der Waals surface area contributed by atoms with Crippen molar-refractivity contribution in [2.24, 2.45) is 0 Å². The molecule has 3 heterocycles. The molecule has 1 aliphatic rings. The maximum Gasteiger partial charge on any atom is 0.264 e. The normalized spacial score (nSPS) is 14.5. The molecule has 0 spiro atoms. The number of para-hydroxylation sites is 2. The zero-order chi connectivity index (χ0) is 23.7. The van der Waals surface area contributed by atoms with Gasteiger partial charge in [-0.1, -0.05) is 41.9 Å². The predicted octanol–water partition coefficient (Wildman–Crippen LogP) is 4.45. The van der Waals surface area contributed by atoms with Crippen LogP contribution in [0.25, 0.3) is 15.9 Å². The van der Waals surface area contributed by atoms with Crippen molar-refractivity contribution >= 4 is 50.7 Å². The second-order valence-corrected chi connectivity index (χ2v) is 9.70. The summed E-state index contributed by atoms with van der Waals surface area (Å²) in [6.07, 6.45) is 0. The number of fused-ring (bicyclic) bond motifs is 1. The van der Waals surface area contributed by atoms with Gasteiger partial charge in [-0.25, -0.2) is 4.68 Å². The van der Waals surface area contributed by atoms with Crippen LogP contribution in [-0.4, -0.2) is 64.1 Å². The van der Waals surface area contributed by atoms with E-state index in [4.69, 9.17) is 11.6 Å². The van der Waals surface area contributed by atoms with Gasteiger partial charge >= 0.3 is 0 Å². The van der Waals surface area contributed by atoms with Crippen LogP contribution in [0, 0.1) is 6.92 Å². The molecule has 0 saturated carbocycles. The quantitative estimate of drug-likeness (QED) is 0.446. The third kappa shape index (κ3) is 4.57. The van der Waals surface area contributed by atoms with Gasteiger partial charge in [-0.05, 0) is 37.3 Å². The Morgan fingerprint density at radius 2 is 1.74 bits per heavy atom. The standard InChI is InChI=1S/C25H24ClN5O2S/c1-17-19-15-22(34-25(19)31(28-17)18-7-3-2-4-8-18)24(33)30-13-11-29(12-14-30)16-23(32)27-21-10-6-5-9-20(21)26/h2-10,15H,11-14,16H2,1H3,(H,27,32). The smallest absolute Gasteiger partial charge is 0.264 e. The first-order valence-corrected chi connectivity index (χ1v) is 12.3. The van der Waals surface area contributed by atoms with Gasteiger partial charge in [0, 0.05) is 31.6 Å². The van der Waals surface area contributed by atoms with Gasteiger partial charge in [-0.15, -0.1) is 11.3 Å². The van der Waals surface area contributed by atoms with Gasteiger partial charge in [0.05, 0.1) is 33.5 Å². The van der Waals surface area contributed by atoms with E-state index in [2.05, 4.69) is 15.3 Å². The molecule has 1 aliphatic heterocycles. The molecule has 2 aromatic heterocycles. The minimum Gasteiger partial charge on any atom is -0.335 e. The number of nitrogens with one attached hydrogen (secondary N) is 1. The molecular weight excluding hydrogens is 470 g/mol. The van der Waals surface area contributed by atoms with Gasteiger partial charge in [0.25, 0.3) is 5.91 Å². The van der Waals surface area contributed by atoms with Crippen LogP contribution >= 0.6 is 22.9 Å². The van der Waals surface area contributed by atoms with Gasteiger partial charge in [0.1, 0.15) is 4.83 Å². The van der Waals surface area contributed by atoms with Crippen LogP contribution in [0.2, 0.25) is 5.02 Å². The van der Waals surface area contributed by atoms with Crippen LogP contribution < -0.4 is 5.32 Å². The number of aryl methyl sites for hydroxylation is 1. The van der Waals surface area contributed by atoms with Gasteiger partial charge < -0.3 is 10.2 Å². The first-order valence-electron chi connectivity index (χ1n) is 11.1. The van der Waals surface area contributed by atoms with E-state index in [1.165, 1.54) is 11.3 Å². The molecule has 0 bridgehead atoms. The number of nitrogens with zero attached hydrogens (tertiary/aromatic N) is 4. The fourth-order valence-corrected chi connectivity index (χ4v) is 5.45. The molecule has 1 fully saturated rings. The minimum absolute atomic E-state index is 0.0281. The molecule has 0 aliphatic carbocycles. The van der Waals surface area contributed by atoms with Crippen molar-refractivity contribution in [1.29, 1.82) is 0 Å². The van der Waals surface area contributed by atoms with E-state index in [0.717, 1.165) is 21.6 Å². The number of rotatable bonds is 5. The highest BCUT2D eigenvalue weighted by atomic mass is 35.5. The minimum atomic E-state index is -0.113. The van der Waals surface area contributed by atoms with E-state index >= 15 is 0 Å². The summed E-state index contributed by atoms with van der Waals surface area (Å²) < 4.78 is 1.90. The summed E-state index contributed by atoms with van der Waals surface area (Å²) in [6, 6.07) is 19.1. The highest BCUT2D eigenvalue weighted by Crippen LogP contribution is 2.31. The Morgan fingerprint density at radius 3 is 2.47 bits per heavy atom. The van der Waals surface area contributed by atoms with Crippen molar-refractivity contribution in [3.05, 3.63) is 76.3 Å². The Bertz CT molecular complexity index is 1340. The topological polar surface area (TPSA) is 70.5 Å². The number of carbonyl (C=O) groups excluding carboxylic acids is 2. The van der Waals surface area contributed by atoms with Crippen molar-refractivity contribution in [2.45, 2.75) is 6.92 Å². The number of aromatic nitrogens is 2. The van der Waals surface area contributed by atoms with Crippen LogP contribution in [0.4, 0.5) is 5.69 Å². The summed E-state index contributed by atoms with van der Waals surface area (Å²) in [7, 11) is 0. The van der Waals surface area contributed by atoms with Crippen LogP contribution in [-0.2, 0) is 4.79 Å². The Labute approximate surface area is 206 Å². The first-order chi connectivity index (χ1) is 16.5. The molecule has 34 heavy (non-hydrogen) atoms. The number of amides is 2. The number of carbonyl (C=O) groups is 2. The molecule has 0 atom stereocenters. The van der Waals surface area contributed by atoms with E-state index < -0.39 is 0 Å². The molecule has 5 rings (SSSR count). The summed E-state index contributed by atoms with van der Waals surface area (Å²) in [5.74, 6) is -0.0845. The third-order valence-electron chi connectivity index (χ3n) is 5.93. The van der Waals surface area contributed by atoms with Crippen molar-refractivity contribution < 1.29 is 9.59 Å². The van der Waals surface area contributed by atoms with Gasteiger partial charge in [-0.2, -0.15) is 5.10 Å². The molecule has 2 aromatic carbocycles. The van der Waals surface area contributed by atoms with Crippen LogP contribution in [0.1, 0.15) is 15.4 Å². The number of hydrogen-bond donors (Lipinski definition) is 1. The fourth-order valence-electron chi connectivity index (χ4n) is 4.12. The van der Waals surface area contributed by atoms with E-state index in [1.807, 2.05) is 65.0 Å². The summed E-state index contributed by atoms with van der Waals surface area (Å²) in [4.78, 5) is 31.3. The lowest BCUT2D eigenvalue weighted by Gasteiger charge is -2.34. The number of thiophene rings is 1. The third-order valence-corrected chi connectivity index (χ3v) is 7.36. The number of halogens is 1. The average Bonchev–Trinajstić information content (AvgIpc) is 3.42. The molecule has 0 unspecified atom stereocenters. The molecule has 7 nitrogen and oxygen atoms in total. The molecule has 2 amide bonds. The van der Waals surface area contributed by atoms with Crippen LogP contribution in [0.15, 0.2) is 60.7 Å². The van der Waals surface area contributed by atoms with Crippen LogP contribution in [0.5, 0.6) is 0 Å². The largest absolute Gasteiger partial charge is 0.335 e. The highest BCUT2D eigenvalue weighted by molar-refractivity contribution is 7.20. The van der Waals surface area contributed by atoms with Crippen LogP contribution in [0.3, 0.4) is 0 Å². The predicted molar refractivity (Wildman–Crippen MR) is 136 cm³/mol. The van der Waals surface area contributed by atoms with E-state index in [9.17, 15) is 9.59 Å². The molecule has 174 valence electrons. The van der Waals surface area contributed by atoms with Crippen molar-refractivity contribution in [1.82, 2.24) is 19.6 Å². The molecule has 0 radical (unpaired) electrons. The maximum absolute atomic E-state index is 13.2. The Morgan fingerprint density at radius 1 is 1.03 bits per heavy atom. The number of piperazine rings is 1. The number of anilines is 1. The lowest BCUT2D eigenvalue weighted by molar-refractivity contribution is -0.117. The lowest BCUT2D eigenvalue weighted by atomic mass is 10.2. The summed E-state index contributed by atoms with van der Waals surface area (Å²) in [5.41, 5.74) is 2.49. The summed E-state index contributed by atoms with van der Waals surface area (Å²) >= 11 is 7.60. The van der Waals surface area contributed by atoms with Gasteiger partial charge in [-0.3, -0.25) is 14.5 Å². The molecular formula is C25H24ClN5O2S. The monoisotopic (exact) mass is 493 g/mol. The number of hydrogen-bond acceptors (Lipinski definition) is 5. The number of benzene rings is 2. The Balaban J connectivity index is 1.22.